The first-order chi connectivity index (χ1) is 8.59. The van der Waals surface area contributed by atoms with Gasteiger partial charge in [0.2, 0.25) is 0 Å². The highest BCUT2D eigenvalue weighted by Crippen LogP contribution is 2.26. The third-order valence-electron chi connectivity index (χ3n) is 3.48. The highest BCUT2D eigenvalue weighted by Gasteiger charge is 2.30. The molecule has 1 aliphatic heterocycles. The van der Waals surface area contributed by atoms with Crippen molar-refractivity contribution < 1.29 is 0 Å². The summed E-state index contributed by atoms with van der Waals surface area (Å²) in [5, 5.41) is 0. The molecule has 0 amide bonds. The molecule has 0 spiro atoms. The Morgan fingerprint density at radius 1 is 1.00 bits per heavy atom. The molecule has 1 unspecified atom stereocenters. The summed E-state index contributed by atoms with van der Waals surface area (Å²) in [4.78, 5) is 4.90. The van der Waals surface area contributed by atoms with Crippen LogP contribution in [0.5, 0.6) is 0 Å². The van der Waals surface area contributed by atoms with Crippen LogP contribution in [0.1, 0.15) is 33.3 Å². The Balaban J connectivity index is 2.11. The first-order valence-electron chi connectivity index (χ1n) is 6.85. The smallest absolute Gasteiger partial charge is 0.103 e. The van der Waals surface area contributed by atoms with Gasteiger partial charge in [-0.2, -0.15) is 0 Å². The maximum atomic E-state index is 2.45. The van der Waals surface area contributed by atoms with Crippen molar-refractivity contribution in [3.63, 3.8) is 0 Å². The van der Waals surface area contributed by atoms with Crippen LogP contribution < -0.4 is 0 Å². The highest BCUT2D eigenvalue weighted by atomic mass is 15.4. The number of benzene rings is 1. The summed E-state index contributed by atoms with van der Waals surface area (Å²) in [6.45, 7) is 10.1. The molecular formula is C16H24N2. The van der Waals surface area contributed by atoms with Crippen molar-refractivity contribution in [1.82, 2.24) is 9.80 Å². The van der Waals surface area contributed by atoms with Crippen molar-refractivity contribution in [1.29, 1.82) is 0 Å². The second-order valence-electron chi connectivity index (χ2n) is 5.65. The fourth-order valence-electron chi connectivity index (χ4n) is 2.66. The largest absolute Gasteiger partial charge is 0.353 e. The molecule has 0 saturated heterocycles. The van der Waals surface area contributed by atoms with E-state index in [-0.39, 0.29) is 0 Å². The number of hydrogen-bond donors (Lipinski definition) is 0. The average Bonchev–Trinajstić information content (AvgIpc) is 2.74. The van der Waals surface area contributed by atoms with E-state index in [1.807, 2.05) is 0 Å². The van der Waals surface area contributed by atoms with Gasteiger partial charge in [-0.3, -0.25) is 0 Å². The SMILES string of the molecule is CC(C)C1N(Cc2ccccc2)C=CN1C(C)C. The number of hydrogen-bond acceptors (Lipinski definition) is 2. The van der Waals surface area contributed by atoms with Gasteiger partial charge in [-0.15, -0.1) is 0 Å². The van der Waals surface area contributed by atoms with Crippen LogP contribution in [0, 0.1) is 5.92 Å². The molecule has 1 aliphatic rings. The van der Waals surface area contributed by atoms with Crippen molar-refractivity contribution in [2.75, 3.05) is 0 Å². The van der Waals surface area contributed by atoms with Gasteiger partial charge in [0.1, 0.15) is 6.17 Å². The van der Waals surface area contributed by atoms with Crippen LogP contribution in [0.2, 0.25) is 0 Å². The molecule has 0 radical (unpaired) electrons. The van der Waals surface area contributed by atoms with E-state index in [4.69, 9.17) is 0 Å². The Morgan fingerprint density at radius 3 is 2.22 bits per heavy atom. The van der Waals surface area contributed by atoms with Gasteiger partial charge < -0.3 is 9.80 Å². The molecule has 0 bridgehead atoms. The zero-order chi connectivity index (χ0) is 13.1. The third-order valence-corrected chi connectivity index (χ3v) is 3.48. The second-order valence-corrected chi connectivity index (χ2v) is 5.65. The molecule has 1 atom stereocenters. The van der Waals surface area contributed by atoms with Gasteiger partial charge in [-0.1, -0.05) is 44.2 Å². The minimum Gasteiger partial charge on any atom is -0.353 e. The summed E-state index contributed by atoms with van der Waals surface area (Å²) in [6, 6.07) is 11.2. The zero-order valence-corrected chi connectivity index (χ0v) is 11.9. The average molecular weight is 244 g/mol. The monoisotopic (exact) mass is 244 g/mol. The molecule has 2 nitrogen and oxygen atoms in total. The van der Waals surface area contributed by atoms with Crippen molar-refractivity contribution in [2.24, 2.45) is 5.92 Å². The molecule has 2 heteroatoms. The van der Waals surface area contributed by atoms with Gasteiger partial charge in [0.15, 0.2) is 0 Å². The van der Waals surface area contributed by atoms with Crippen molar-refractivity contribution >= 4 is 0 Å². The Hall–Kier alpha value is -1.44. The maximum Gasteiger partial charge on any atom is 0.103 e. The third kappa shape index (κ3) is 2.69. The zero-order valence-electron chi connectivity index (χ0n) is 11.9. The molecule has 98 valence electrons. The molecule has 1 aromatic rings. The Bertz CT molecular complexity index is 395. The molecule has 1 heterocycles. The first-order valence-corrected chi connectivity index (χ1v) is 6.85. The summed E-state index contributed by atoms with van der Waals surface area (Å²) < 4.78 is 0. The lowest BCUT2D eigenvalue weighted by molar-refractivity contribution is 0.0809. The lowest BCUT2D eigenvalue weighted by atomic mass is 10.1. The molecule has 0 N–H and O–H groups in total. The van der Waals surface area contributed by atoms with Gasteiger partial charge in [0, 0.05) is 25.0 Å². The van der Waals surface area contributed by atoms with Gasteiger partial charge in [-0.05, 0) is 25.3 Å². The van der Waals surface area contributed by atoms with Crippen LogP contribution in [-0.4, -0.2) is 22.0 Å². The van der Waals surface area contributed by atoms with Gasteiger partial charge in [0.05, 0.1) is 0 Å². The molecule has 0 saturated carbocycles. The molecule has 0 aliphatic carbocycles. The van der Waals surface area contributed by atoms with E-state index in [0.29, 0.717) is 18.1 Å². The van der Waals surface area contributed by atoms with E-state index in [9.17, 15) is 0 Å². The van der Waals surface area contributed by atoms with E-state index in [1.54, 1.807) is 0 Å². The lowest BCUT2D eigenvalue weighted by Gasteiger charge is -2.38. The summed E-state index contributed by atoms with van der Waals surface area (Å²) in [6.07, 6.45) is 4.95. The van der Waals surface area contributed by atoms with Gasteiger partial charge >= 0.3 is 0 Å². The van der Waals surface area contributed by atoms with Crippen LogP contribution >= 0.6 is 0 Å². The number of nitrogens with zero attached hydrogens (tertiary/aromatic N) is 2. The van der Waals surface area contributed by atoms with Gasteiger partial charge in [-0.25, -0.2) is 0 Å². The second kappa shape index (κ2) is 5.47. The van der Waals surface area contributed by atoms with E-state index in [1.165, 1.54) is 5.56 Å². The van der Waals surface area contributed by atoms with E-state index in [0.717, 1.165) is 6.54 Å². The van der Waals surface area contributed by atoms with Crippen LogP contribution in [0.25, 0.3) is 0 Å². The molecule has 1 aromatic carbocycles. The molecule has 2 rings (SSSR count). The standard InChI is InChI=1S/C16H24N2/c1-13(2)16-17(10-11-18(16)14(3)4)12-15-8-6-5-7-9-15/h5-11,13-14,16H,12H2,1-4H3. The van der Waals surface area contributed by atoms with Crippen LogP contribution in [-0.2, 0) is 6.54 Å². The van der Waals surface area contributed by atoms with E-state index < -0.39 is 0 Å². The quantitative estimate of drug-likeness (QED) is 0.797. The molecule has 0 fully saturated rings. The molecule has 18 heavy (non-hydrogen) atoms. The van der Waals surface area contributed by atoms with Crippen LogP contribution in [0.3, 0.4) is 0 Å². The minimum absolute atomic E-state index is 0.477. The Kier molecular flexibility index (Phi) is 3.95. The minimum atomic E-state index is 0.477. The summed E-state index contributed by atoms with van der Waals surface area (Å²) in [7, 11) is 0. The first kappa shape index (κ1) is 13.0. The van der Waals surface area contributed by atoms with Crippen molar-refractivity contribution in [2.45, 2.75) is 46.4 Å². The van der Waals surface area contributed by atoms with E-state index >= 15 is 0 Å². The molecular weight excluding hydrogens is 220 g/mol. The highest BCUT2D eigenvalue weighted by molar-refractivity contribution is 5.16. The maximum absolute atomic E-state index is 2.45. The summed E-state index contributed by atoms with van der Waals surface area (Å²) in [5.41, 5.74) is 1.37. The number of rotatable bonds is 4. The Labute approximate surface area is 111 Å². The fraction of sp³-hybridized carbons (Fsp3) is 0.500. The fourth-order valence-corrected chi connectivity index (χ4v) is 2.66. The van der Waals surface area contributed by atoms with Crippen molar-refractivity contribution in [3.05, 3.63) is 48.3 Å². The predicted molar refractivity (Wildman–Crippen MR) is 76.7 cm³/mol. The van der Waals surface area contributed by atoms with Crippen LogP contribution in [0.15, 0.2) is 42.7 Å². The predicted octanol–water partition coefficient (Wildman–Crippen LogP) is 3.67. The normalized spacial score (nSPS) is 19.3. The van der Waals surface area contributed by atoms with Crippen LogP contribution in [0.4, 0.5) is 0 Å². The Morgan fingerprint density at radius 2 is 1.67 bits per heavy atom. The summed E-state index contributed by atoms with van der Waals surface area (Å²) in [5.74, 6) is 0.617. The van der Waals surface area contributed by atoms with E-state index in [2.05, 4.69) is 80.2 Å². The topological polar surface area (TPSA) is 6.48 Å². The van der Waals surface area contributed by atoms with Crippen molar-refractivity contribution in [3.8, 4) is 0 Å². The molecule has 0 aromatic heterocycles. The van der Waals surface area contributed by atoms with Gasteiger partial charge in [0.25, 0.3) is 0 Å². The lowest BCUT2D eigenvalue weighted by Crippen LogP contribution is -2.45. The summed E-state index contributed by atoms with van der Waals surface area (Å²) >= 11 is 0.